The molecule has 1 atom stereocenters. The highest BCUT2D eigenvalue weighted by molar-refractivity contribution is 9.10. The average Bonchev–Trinajstić information content (AvgIpc) is 3.01. The van der Waals surface area contributed by atoms with Crippen LogP contribution < -0.4 is 4.74 Å². The predicted octanol–water partition coefficient (Wildman–Crippen LogP) is 4.14. The zero-order valence-corrected chi connectivity index (χ0v) is 21.6. The number of methoxy groups -OCH3 is 1. The largest absolute Gasteiger partial charge is 0.632 e. The van der Waals surface area contributed by atoms with Crippen LogP contribution in [0.5, 0.6) is 5.75 Å². The Kier molecular flexibility index (Phi) is 6.61. The van der Waals surface area contributed by atoms with Gasteiger partial charge in [-0.1, -0.05) is 6.07 Å². The number of hydrogen-bond donors (Lipinski definition) is 0. The number of fused-ring (bicyclic) bond motifs is 2. The third kappa shape index (κ3) is 4.70. The van der Waals surface area contributed by atoms with Gasteiger partial charge >= 0.3 is 0 Å². The number of piperazine rings is 1. The molecular weight excluding hydrogens is 508 g/mol. The molecule has 3 heterocycles. The number of carbonyl (C=O) groups is 1. The molecule has 1 saturated heterocycles. The highest BCUT2D eigenvalue weighted by Gasteiger charge is 2.42. The number of amides is 1. The summed E-state index contributed by atoms with van der Waals surface area (Å²) in [7, 11) is 1.66. The maximum Gasteiger partial charge on any atom is 0.227 e. The van der Waals surface area contributed by atoms with E-state index in [0.717, 1.165) is 56.6 Å². The minimum atomic E-state index is -0.497. The van der Waals surface area contributed by atoms with Crippen LogP contribution in [0.25, 0.3) is 0 Å². The number of carbonyl (C=O) groups excluding carboxylic acids is 1. The molecule has 1 aliphatic carbocycles. The molecular formula is C27H29BrN4O3. The molecule has 8 heteroatoms. The van der Waals surface area contributed by atoms with Gasteiger partial charge < -0.3 is 19.5 Å². The summed E-state index contributed by atoms with van der Waals surface area (Å²) in [4.78, 5) is 23.6. The molecule has 1 amide bonds. The van der Waals surface area contributed by atoms with Gasteiger partial charge in [-0.15, -0.1) is 0 Å². The fraction of sp³-hybridized carbons (Fsp3) is 0.370. The molecule has 0 bridgehead atoms. The number of aryl methyl sites for hydroxylation is 3. The second kappa shape index (κ2) is 9.68. The van der Waals surface area contributed by atoms with Crippen molar-refractivity contribution >= 4 is 21.8 Å². The first-order valence-electron chi connectivity index (χ1n) is 11.9. The van der Waals surface area contributed by atoms with E-state index in [4.69, 9.17) is 9.72 Å². The van der Waals surface area contributed by atoms with E-state index in [9.17, 15) is 10.0 Å². The zero-order chi connectivity index (χ0) is 24.6. The molecule has 2 aliphatic rings. The summed E-state index contributed by atoms with van der Waals surface area (Å²) in [5.41, 5.74) is 6.04. The van der Waals surface area contributed by atoms with Crippen molar-refractivity contribution in [3.8, 4) is 5.75 Å². The Labute approximate surface area is 214 Å². The molecule has 1 fully saturated rings. The third-order valence-electron chi connectivity index (χ3n) is 7.18. The van der Waals surface area contributed by atoms with Crippen LogP contribution >= 0.6 is 15.9 Å². The van der Waals surface area contributed by atoms with Crippen molar-refractivity contribution in [3.63, 3.8) is 0 Å². The second-order valence-electron chi connectivity index (χ2n) is 9.45. The van der Waals surface area contributed by atoms with Gasteiger partial charge in [0, 0.05) is 23.1 Å². The number of hydroxylamine groups is 3. The number of halogens is 1. The highest BCUT2D eigenvalue weighted by atomic mass is 79.9. The molecule has 3 aromatic rings. The topological polar surface area (TPSA) is 78.4 Å². The Morgan fingerprint density at radius 1 is 1.17 bits per heavy atom. The van der Waals surface area contributed by atoms with Gasteiger partial charge in [0.15, 0.2) is 6.04 Å². The molecule has 0 saturated carbocycles. The maximum atomic E-state index is 14.6. The SMILES string of the molecule is COc1cc(C)cc2c1C([N+]1([O-])CCN(C(=O)Cc3ccncc3)CC1)c1ncc(Br)cc1CC2. The van der Waals surface area contributed by atoms with E-state index in [-0.39, 0.29) is 5.91 Å². The van der Waals surface area contributed by atoms with Crippen LogP contribution in [-0.4, -0.2) is 58.7 Å². The normalized spacial score (nSPS) is 18.9. The van der Waals surface area contributed by atoms with Crippen LogP contribution in [0.4, 0.5) is 0 Å². The number of aromatic nitrogens is 2. The van der Waals surface area contributed by atoms with Crippen molar-refractivity contribution in [2.45, 2.75) is 32.2 Å². The lowest BCUT2D eigenvalue weighted by Crippen LogP contribution is -2.59. The van der Waals surface area contributed by atoms with Crippen molar-refractivity contribution in [2.75, 3.05) is 33.3 Å². The standard InChI is InChI=1S/C27H29BrN4O3/c1-18-13-20-3-4-21-16-22(28)17-30-26(21)27(25(20)23(14-18)35-2)32(34)11-9-31(10-12-32)24(33)15-19-5-7-29-8-6-19/h5-8,13-14,16-17,27H,3-4,9-12,15H2,1-2H3. The van der Waals surface area contributed by atoms with E-state index in [0.29, 0.717) is 32.6 Å². The smallest absolute Gasteiger partial charge is 0.227 e. The molecule has 1 aromatic carbocycles. The fourth-order valence-electron chi connectivity index (χ4n) is 5.42. The van der Waals surface area contributed by atoms with Gasteiger partial charge in [0.2, 0.25) is 5.91 Å². The van der Waals surface area contributed by atoms with Crippen LogP contribution in [0.2, 0.25) is 0 Å². The van der Waals surface area contributed by atoms with Crippen LogP contribution in [-0.2, 0) is 24.1 Å². The van der Waals surface area contributed by atoms with Crippen molar-refractivity contribution in [1.29, 1.82) is 0 Å². The zero-order valence-electron chi connectivity index (χ0n) is 20.0. The lowest BCUT2D eigenvalue weighted by Gasteiger charge is -2.53. The molecule has 7 nitrogen and oxygen atoms in total. The Hall–Kier alpha value is -2.81. The summed E-state index contributed by atoms with van der Waals surface area (Å²) >= 11 is 3.55. The number of nitrogens with zero attached hydrogens (tertiary/aromatic N) is 4. The summed E-state index contributed by atoms with van der Waals surface area (Å²) in [6.45, 7) is 3.50. The van der Waals surface area contributed by atoms with Gasteiger partial charge in [-0.2, -0.15) is 0 Å². The van der Waals surface area contributed by atoms with Crippen molar-refractivity contribution in [1.82, 2.24) is 14.9 Å². The molecule has 35 heavy (non-hydrogen) atoms. The van der Waals surface area contributed by atoms with Crippen LogP contribution in [0.1, 0.15) is 39.6 Å². The van der Waals surface area contributed by atoms with Crippen LogP contribution in [0.3, 0.4) is 0 Å². The Morgan fingerprint density at radius 2 is 1.89 bits per heavy atom. The first kappa shape index (κ1) is 23.9. The van der Waals surface area contributed by atoms with E-state index in [2.05, 4.69) is 40.0 Å². The molecule has 1 aliphatic heterocycles. The predicted molar refractivity (Wildman–Crippen MR) is 137 cm³/mol. The summed E-state index contributed by atoms with van der Waals surface area (Å²) in [5, 5.41) is 14.6. The summed E-state index contributed by atoms with van der Waals surface area (Å²) < 4.78 is 6.28. The van der Waals surface area contributed by atoms with Gasteiger partial charge in [-0.05, 0) is 82.2 Å². The Balaban J connectivity index is 1.49. The van der Waals surface area contributed by atoms with E-state index < -0.39 is 10.7 Å². The third-order valence-corrected chi connectivity index (χ3v) is 7.61. The van der Waals surface area contributed by atoms with Gasteiger partial charge in [0.25, 0.3) is 0 Å². The van der Waals surface area contributed by atoms with Gasteiger partial charge in [-0.25, -0.2) is 0 Å². The lowest BCUT2D eigenvalue weighted by molar-refractivity contribution is -0.909. The number of rotatable bonds is 4. The fourth-order valence-corrected chi connectivity index (χ4v) is 5.80. The van der Waals surface area contributed by atoms with Crippen molar-refractivity contribution < 1.29 is 14.2 Å². The number of hydrogen-bond acceptors (Lipinski definition) is 5. The van der Waals surface area contributed by atoms with Crippen molar-refractivity contribution in [2.24, 2.45) is 0 Å². The lowest BCUT2D eigenvalue weighted by atomic mass is 9.93. The summed E-state index contributed by atoms with van der Waals surface area (Å²) in [5.74, 6) is 0.784. The minimum absolute atomic E-state index is 0.0411. The first-order chi connectivity index (χ1) is 16.9. The summed E-state index contributed by atoms with van der Waals surface area (Å²) in [6.07, 6.45) is 7.12. The molecule has 0 radical (unpaired) electrons. The number of pyridine rings is 2. The van der Waals surface area contributed by atoms with Crippen molar-refractivity contribution in [3.05, 3.63) is 92.1 Å². The molecule has 2 aromatic heterocycles. The molecule has 1 unspecified atom stereocenters. The second-order valence-corrected chi connectivity index (χ2v) is 10.4. The van der Waals surface area contributed by atoms with E-state index in [1.54, 1.807) is 25.7 Å². The average molecular weight is 537 g/mol. The van der Waals surface area contributed by atoms with Crippen LogP contribution in [0, 0.1) is 12.1 Å². The Bertz CT molecular complexity index is 1240. The highest BCUT2D eigenvalue weighted by Crippen LogP contribution is 2.45. The maximum absolute atomic E-state index is 14.6. The number of quaternary nitrogens is 1. The Morgan fingerprint density at radius 3 is 2.60 bits per heavy atom. The summed E-state index contributed by atoms with van der Waals surface area (Å²) in [6, 6.07) is 9.48. The number of benzene rings is 1. The first-order valence-corrected chi connectivity index (χ1v) is 12.7. The van der Waals surface area contributed by atoms with E-state index >= 15 is 0 Å². The van der Waals surface area contributed by atoms with Crippen LogP contribution in [0.15, 0.2) is 53.4 Å². The molecule has 182 valence electrons. The molecule has 0 spiro atoms. The van der Waals surface area contributed by atoms with E-state index in [1.807, 2.05) is 23.1 Å². The molecule has 0 N–H and O–H groups in total. The minimum Gasteiger partial charge on any atom is -0.632 e. The van der Waals surface area contributed by atoms with E-state index in [1.165, 1.54) is 0 Å². The van der Waals surface area contributed by atoms with Gasteiger partial charge in [0.05, 0.1) is 45.3 Å². The van der Waals surface area contributed by atoms with Gasteiger partial charge in [-0.3, -0.25) is 14.8 Å². The number of ether oxygens (including phenoxy) is 1. The quantitative estimate of drug-likeness (QED) is 0.369. The van der Waals surface area contributed by atoms with Gasteiger partial charge in [0.1, 0.15) is 11.4 Å². The molecule has 5 rings (SSSR count). The monoisotopic (exact) mass is 536 g/mol.